The van der Waals surface area contributed by atoms with Crippen molar-refractivity contribution in [3.8, 4) is 11.8 Å². The molecule has 3 rings (SSSR count). The van der Waals surface area contributed by atoms with E-state index < -0.39 is 0 Å². The maximum absolute atomic E-state index is 12.2. The van der Waals surface area contributed by atoms with Gasteiger partial charge < -0.3 is 9.47 Å². The van der Waals surface area contributed by atoms with E-state index in [2.05, 4.69) is 39.0 Å². The summed E-state index contributed by atoms with van der Waals surface area (Å²) in [5.41, 5.74) is 4.25. The van der Waals surface area contributed by atoms with Gasteiger partial charge in [0.1, 0.15) is 19.0 Å². The summed E-state index contributed by atoms with van der Waals surface area (Å²) in [4.78, 5) is 12.2. The molecule has 0 N–H and O–H groups in total. The molecule has 4 heteroatoms. The van der Waals surface area contributed by atoms with E-state index in [1.54, 1.807) is 36.4 Å². The second kappa shape index (κ2) is 9.28. The monoisotopic (exact) mass is 399 g/mol. The Kier molecular flexibility index (Phi) is 6.54. The predicted octanol–water partition coefficient (Wildman–Crippen LogP) is 5.79. The highest BCUT2D eigenvalue weighted by Crippen LogP contribution is 2.24. The normalized spacial score (nSPS) is 10.9. The molecule has 0 unspecified atom stereocenters. The molecule has 4 nitrogen and oxygen atoms in total. The van der Waals surface area contributed by atoms with E-state index >= 15 is 0 Å². The van der Waals surface area contributed by atoms with Gasteiger partial charge in [-0.3, -0.25) is 0 Å². The largest absolute Gasteiger partial charge is 0.489 e. The molecule has 30 heavy (non-hydrogen) atoms. The number of esters is 1. The fourth-order valence-corrected chi connectivity index (χ4v) is 2.86. The molecule has 0 aromatic heterocycles. The van der Waals surface area contributed by atoms with E-state index in [1.807, 2.05) is 24.3 Å². The number of benzene rings is 3. The van der Waals surface area contributed by atoms with E-state index in [9.17, 15) is 4.79 Å². The molecule has 0 amide bonds. The van der Waals surface area contributed by atoms with Crippen LogP contribution in [0.3, 0.4) is 0 Å². The van der Waals surface area contributed by atoms with Crippen LogP contribution in [0, 0.1) is 11.3 Å². The minimum Gasteiger partial charge on any atom is -0.489 e. The Hall–Kier alpha value is -3.58. The van der Waals surface area contributed by atoms with Gasteiger partial charge in [0.25, 0.3) is 0 Å². The topological polar surface area (TPSA) is 59.3 Å². The smallest absolute Gasteiger partial charge is 0.338 e. The van der Waals surface area contributed by atoms with E-state index in [0.717, 1.165) is 16.9 Å². The van der Waals surface area contributed by atoms with Gasteiger partial charge in [-0.1, -0.05) is 57.2 Å². The number of carbonyl (C=O) groups excluding carboxylic acids is 1. The average Bonchev–Trinajstić information content (AvgIpc) is 2.76. The molecule has 152 valence electrons. The zero-order valence-corrected chi connectivity index (χ0v) is 17.5. The number of carbonyl (C=O) groups is 1. The van der Waals surface area contributed by atoms with Crippen LogP contribution in [0.15, 0.2) is 72.8 Å². The highest BCUT2D eigenvalue weighted by molar-refractivity contribution is 5.89. The Morgan fingerprint density at radius 2 is 1.40 bits per heavy atom. The van der Waals surface area contributed by atoms with Crippen LogP contribution in [-0.2, 0) is 23.4 Å². The van der Waals surface area contributed by atoms with Crippen LogP contribution in [0.2, 0.25) is 0 Å². The van der Waals surface area contributed by atoms with Gasteiger partial charge in [0.15, 0.2) is 0 Å². The van der Waals surface area contributed by atoms with Crippen molar-refractivity contribution in [3.05, 3.63) is 101 Å². The number of hydrogen-bond acceptors (Lipinski definition) is 4. The summed E-state index contributed by atoms with van der Waals surface area (Å²) < 4.78 is 11.2. The molecule has 0 bridgehead atoms. The molecule has 0 atom stereocenters. The Morgan fingerprint density at radius 1 is 0.833 bits per heavy atom. The van der Waals surface area contributed by atoms with Crippen LogP contribution >= 0.6 is 0 Å². The first-order chi connectivity index (χ1) is 14.3. The number of nitriles is 1. The van der Waals surface area contributed by atoms with Gasteiger partial charge in [-0.25, -0.2) is 4.79 Å². The second-order valence-corrected chi connectivity index (χ2v) is 8.14. The highest BCUT2D eigenvalue weighted by atomic mass is 16.5. The standard InChI is InChI=1S/C26H25NO3/c1-26(2,3)23-12-14-24(15-13-23)29-17-21-8-10-22(11-9-21)25(28)30-18-20-6-4-19(16-27)5-7-20/h4-15H,17-18H2,1-3H3. The van der Waals surface area contributed by atoms with Gasteiger partial charge in [-0.05, 0) is 58.5 Å². The van der Waals surface area contributed by atoms with Gasteiger partial charge in [0, 0.05) is 0 Å². The van der Waals surface area contributed by atoms with Crippen molar-refractivity contribution >= 4 is 5.97 Å². The molecule has 0 aliphatic heterocycles. The van der Waals surface area contributed by atoms with Crippen LogP contribution in [0.1, 0.15) is 53.4 Å². The Morgan fingerprint density at radius 3 is 1.97 bits per heavy atom. The Labute approximate surface area is 177 Å². The Bertz CT molecular complexity index is 1020. The van der Waals surface area contributed by atoms with Crippen molar-refractivity contribution < 1.29 is 14.3 Å². The number of rotatable bonds is 6. The number of ether oxygens (including phenoxy) is 2. The van der Waals surface area contributed by atoms with Gasteiger partial charge in [0.2, 0.25) is 0 Å². The molecule has 0 saturated carbocycles. The maximum atomic E-state index is 12.2. The van der Waals surface area contributed by atoms with Crippen molar-refractivity contribution in [2.75, 3.05) is 0 Å². The summed E-state index contributed by atoms with van der Waals surface area (Å²) in [7, 11) is 0. The van der Waals surface area contributed by atoms with Crippen molar-refractivity contribution in [2.45, 2.75) is 39.4 Å². The van der Waals surface area contributed by atoms with Crippen LogP contribution in [0.25, 0.3) is 0 Å². The average molecular weight is 399 g/mol. The maximum Gasteiger partial charge on any atom is 0.338 e. The summed E-state index contributed by atoms with van der Waals surface area (Å²) in [5, 5.41) is 8.82. The molecule has 0 saturated heterocycles. The summed E-state index contributed by atoms with van der Waals surface area (Å²) in [6.07, 6.45) is 0. The minimum atomic E-state index is -0.385. The lowest BCUT2D eigenvalue weighted by Crippen LogP contribution is -2.10. The number of nitrogens with zero attached hydrogens (tertiary/aromatic N) is 1. The molecule has 3 aromatic carbocycles. The fraction of sp³-hybridized carbons (Fsp3) is 0.231. The molecule has 0 aliphatic carbocycles. The van der Waals surface area contributed by atoms with Gasteiger partial charge in [-0.2, -0.15) is 5.26 Å². The summed E-state index contributed by atoms with van der Waals surface area (Å²) >= 11 is 0. The number of hydrogen-bond donors (Lipinski definition) is 0. The van der Waals surface area contributed by atoms with Crippen molar-refractivity contribution in [2.24, 2.45) is 0 Å². The quantitative estimate of drug-likeness (QED) is 0.492. The molecule has 0 spiro atoms. The first-order valence-corrected chi connectivity index (χ1v) is 9.83. The van der Waals surface area contributed by atoms with Crippen molar-refractivity contribution in [1.82, 2.24) is 0 Å². The van der Waals surface area contributed by atoms with Crippen molar-refractivity contribution in [3.63, 3.8) is 0 Å². The van der Waals surface area contributed by atoms with E-state index in [0.29, 0.717) is 17.7 Å². The molecule has 0 heterocycles. The van der Waals surface area contributed by atoms with Gasteiger partial charge in [-0.15, -0.1) is 0 Å². The van der Waals surface area contributed by atoms with Gasteiger partial charge in [0.05, 0.1) is 17.2 Å². The molecular weight excluding hydrogens is 374 g/mol. The lowest BCUT2D eigenvalue weighted by atomic mass is 9.87. The molecule has 0 fully saturated rings. The van der Waals surface area contributed by atoms with Crippen LogP contribution in [-0.4, -0.2) is 5.97 Å². The molecule has 0 aliphatic rings. The summed E-state index contributed by atoms with van der Waals surface area (Å²) in [5.74, 6) is 0.429. The lowest BCUT2D eigenvalue weighted by Gasteiger charge is -2.19. The summed E-state index contributed by atoms with van der Waals surface area (Å²) in [6, 6.07) is 24.4. The zero-order valence-electron chi connectivity index (χ0n) is 17.5. The third-order valence-corrected chi connectivity index (χ3v) is 4.77. The van der Waals surface area contributed by atoms with Crippen LogP contribution in [0.5, 0.6) is 5.75 Å². The first kappa shape index (κ1) is 21.1. The lowest BCUT2D eigenvalue weighted by molar-refractivity contribution is 0.0472. The van der Waals surface area contributed by atoms with E-state index in [-0.39, 0.29) is 18.0 Å². The van der Waals surface area contributed by atoms with Crippen molar-refractivity contribution in [1.29, 1.82) is 5.26 Å². The highest BCUT2D eigenvalue weighted by Gasteiger charge is 2.13. The first-order valence-electron chi connectivity index (χ1n) is 9.83. The molecule has 3 aromatic rings. The van der Waals surface area contributed by atoms with Gasteiger partial charge >= 0.3 is 5.97 Å². The van der Waals surface area contributed by atoms with Crippen LogP contribution < -0.4 is 4.74 Å². The van der Waals surface area contributed by atoms with Crippen LogP contribution in [0.4, 0.5) is 0 Å². The minimum absolute atomic E-state index is 0.114. The molecule has 0 radical (unpaired) electrons. The van der Waals surface area contributed by atoms with E-state index in [4.69, 9.17) is 14.7 Å². The molecular formula is C26H25NO3. The second-order valence-electron chi connectivity index (χ2n) is 8.14. The predicted molar refractivity (Wildman–Crippen MR) is 116 cm³/mol. The Balaban J connectivity index is 1.51. The third-order valence-electron chi connectivity index (χ3n) is 4.77. The SMILES string of the molecule is CC(C)(C)c1ccc(OCc2ccc(C(=O)OCc3ccc(C#N)cc3)cc2)cc1. The van der Waals surface area contributed by atoms with E-state index in [1.165, 1.54) is 5.56 Å². The third kappa shape index (κ3) is 5.71. The summed E-state index contributed by atoms with van der Waals surface area (Å²) in [6.45, 7) is 7.13. The zero-order chi connectivity index (χ0) is 21.6. The fourth-order valence-electron chi connectivity index (χ4n) is 2.86.